The molecule has 1 aliphatic carbocycles. The second-order valence-electron chi connectivity index (χ2n) is 6.41. The standard InChI is InChI=1S/C14H27N5/c1-10(2)8-15-12(4)14-16-17-18-19(14)9-13-7-5-6-11(13)3/h10-13,15H,5-9H2,1-4H3. The van der Waals surface area contributed by atoms with Crippen molar-refractivity contribution >= 4 is 0 Å². The van der Waals surface area contributed by atoms with Gasteiger partial charge in [0.25, 0.3) is 0 Å². The molecule has 1 aliphatic rings. The van der Waals surface area contributed by atoms with E-state index < -0.39 is 0 Å². The zero-order chi connectivity index (χ0) is 13.8. The minimum Gasteiger partial charge on any atom is -0.307 e. The Morgan fingerprint density at radius 3 is 2.74 bits per heavy atom. The van der Waals surface area contributed by atoms with E-state index >= 15 is 0 Å². The molecule has 1 saturated carbocycles. The fourth-order valence-electron chi connectivity index (χ4n) is 2.87. The molecule has 2 rings (SSSR count). The lowest BCUT2D eigenvalue weighted by molar-refractivity contribution is 0.330. The molecule has 19 heavy (non-hydrogen) atoms. The minimum absolute atomic E-state index is 0.217. The van der Waals surface area contributed by atoms with Crippen LogP contribution in [0, 0.1) is 17.8 Å². The molecule has 0 aromatic carbocycles. The molecule has 1 aromatic heterocycles. The van der Waals surface area contributed by atoms with Gasteiger partial charge in [-0.05, 0) is 48.1 Å². The first-order valence-electron chi connectivity index (χ1n) is 7.57. The van der Waals surface area contributed by atoms with Gasteiger partial charge in [0.1, 0.15) is 0 Å². The molecular weight excluding hydrogens is 238 g/mol. The molecule has 108 valence electrons. The monoisotopic (exact) mass is 265 g/mol. The molecule has 0 saturated heterocycles. The van der Waals surface area contributed by atoms with Crippen LogP contribution < -0.4 is 5.32 Å². The van der Waals surface area contributed by atoms with Crippen molar-refractivity contribution in [2.45, 2.75) is 59.5 Å². The van der Waals surface area contributed by atoms with Gasteiger partial charge in [0.2, 0.25) is 0 Å². The van der Waals surface area contributed by atoms with Crippen molar-refractivity contribution in [1.82, 2.24) is 25.5 Å². The summed E-state index contributed by atoms with van der Waals surface area (Å²) < 4.78 is 2.00. The molecule has 5 heteroatoms. The Morgan fingerprint density at radius 1 is 1.32 bits per heavy atom. The van der Waals surface area contributed by atoms with Crippen LogP contribution in [0.2, 0.25) is 0 Å². The van der Waals surface area contributed by atoms with Crippen molar-refractivity contribution in [3.05, 3.63) is 5.82 Å². The predicted molar refractivity (Wildman–Crippen MR) is 75.6 cm³/mol. The van der Waals surface area contributed by atoms with Gasteiger partial charge in [-0.3, -0.25) is 0 Å². The second kappa shape index (κ2) is 6.46. The van der Waals surface area contributed by atoms with Crippen molar-refractivity contribution in [2.24, 2.45) is 17.8 Å². The zero-order valence-corrected chi connectivity index (χ0v) is 12.6. The topological polar surface area (TPSA) is 55.6 Å². The van der Waals surface area contributed by atoms with Crippen LogP contribution in [0.4, 0.5) is 0 Å². The summed E-state index contributed by atoms with van der Waals surface area (Å²) in [5, 5.41) is 15.7. The SMILES string of the molecule is CC(C)CNC(C)c1nnnn1CC1CCCC1C. The van der Waals surface area contributed by atoms with Crippen molar-refractivity contribution in [3.8, 4) is 0 Å². The highest BCUT2D eigenvalue weighted by molar-refractivity contribution is 4.91. The first-order chi connectivity index (χ1) is 9.08. The molecule has 3 unspecified atom stereocenters. The van der Waals surface area contributed by atoms with Gasteiger partial charge in [0, 0.05) is 6.54 Å². The predicted octanol–water partition coefficient (Wildman–Crippen LogP) is 2.42. The molecule has 1 aromatic rings. The van der Waals surface area contributed by atoms with E-state index in [1.165, 1.54) is 19.3 Å². The molecule has 0 spiro atoms. The van der Waals surface area contributed by atoms with E-state index in [-0.39, 0.29) is 6.04 Å². The highest BCUT2D eigenvalue weighted by Gasteiger charge is 2.25. The van der Waals surface area contributed by atoms with Gasteiger partial charge in [0.05, 0.1) is 6.04 Å². The fraction of sp³-hybridized carbons (Fsp3) is 0.929. The molecular formula is C14H27N5. The Kier molecular flexibility index (Phi) is 4.91. The van der Waals surface area contributed by atoms with E-state index in [0.717, 1.165) is 30.7 Å². The summed E-state index contributed by atoms with van der Waals surface area (Å²) in [6, 6.07) is 0.217. The van der Waals surface area contributed by atoms with Crippen LogP contribution in [0.25, 0.3) is 0 Å². The average molecular weight is 265 g/mol. The van der Waals surface area contributed by atoms with Gasteiger partial charge in [-0.2, -0.15) is 0 Å². The molecule has 5 nitrogen and oxygen atoms in total. The Morgan fingerprint density at radius 2 is 2.11 bits per heavy atom. The summed E-state index contributed by atoms with van der Waals surface area (Å²) in [4.78, 5) is 0. The number of hydrogen-bond acceptors (Lipinski definition) is 4. The summed E-state index contributed by atoms with van der Waals surface area (Å²) >= 11 is 0. The fourth-order valence-corrected chi connectivity index (χ4v) is 2.87. The maximum Gasteiger partial charge on any atom is 0.167 e. The number of nitrogens with one attached hydrogen (secondary N) is 1. The maximum absolute atomic E-state index is 4.20. The molecule has 1 fully saturated rings. The van der Waals surface area contributed by atoms with E-state index in [0.29, 0.717) is 5.92 Å². The van der Waals surface area contributed by atoms with Gasteiger partial charge in [0.15, 0.2) is 5.82 Å². The van der Waals surface area contributed by atoms with E-state index in [1.54, 1.807) is 0 Å². The van der Waals surface area contributed by atoms with Gasteiger partial charge in [-0.1, -0.05) is 33.6 Å². The molecule has 1 N–H and O–H groups in total. The quantitative estimate of drug-likeness (QED) is 0.858. The van der Waals surface area contributed by atoms with Gasteiger partial charge < -0.3 is 5.32 Å². The van der Waals surface area contributed by atoms with Gasteiger partial charge in [-0.25, -0.2) is 4.68 Å². The van der Waals surface area contributed by atoms with E-state index in [1.807, 2.05) is 4.68 Å². The summed E-state index contributed by atoms with van der Waals surface area (Å²) in [6.45, 7) is 10.9. The molecule has 3 atom stereocenters. The van der Waals surface area contributed by atoms with Crippen LogP contribution in [-0.4, -0.2) is 26.8 Å². The number of hydrogen-bond donors (Lipinski definition) is 1. The lowest BCUT2D eigenvalue weighted by atomic mass is 9.98. The first kappa shape index (κ1) is 14.4. The summed E-state index contributed by atoms with van der Waals surface area (Å²) in [5.41, 5.74) is 0. The largest absolute Gasteiger partial charge is 0.307 e. The van der Waals surface area contributed by atoms with E-state index in [2.05, 4.69) is 48.5 Å². The van der Waals surface area contributed by atoms with Gasteiger partial charge >= 0.3 is 0 Å². The highest BCUT2D eigenvalue weighted by Crippen LogP contribution is 2.32. The Labute approximate surface area is 116 Å². The summed E-state index contributed by atoms with van der Waals surface area (Å²) in [5.74, 6) is 3.15. The average Bonchev–Trinajstić information content (AvgIpc) is 2.97. The van der Waals surface area contributed by atoms with Crippen molar-refractivity contribution in [2.75, 3.05) is 6.54 Å². The van der Waals surface area contributed by atoms with Crippen molar-refractivity contribution in [3.63, 3.8) is 0 Å². The highest BCUT2D eigenvalue weighted by atomic mass is 15.5. The molecule has 0 radical (unpaired) electrons. The van der Waals surface area contributed by atoms with Crippen LogP contribution in [-0.2, 0) is 6.54 Å². The number of rotatable bonds is 6. The van der Waals surface area contributed by atoms with Gasteiger partial charge in [-0.15, -0.1) is 5.10 Å². The van der Waals surface area contributed by atoms with Crippen LogP contribution >= 0.6 is 0 Å². The lowest BCUT2D eigenvalue weighted by Crippen LogP contribution is -2.27. The summed E-state index contributed by atoms with van der Waals surface area (Å²) in [6.07, 6.45) is 4.02. The second-order valence-corrected chi connectivity index (χ2v) is 6.41. The van der Waals surface area contributed by atoms with Crippen LogP contribution in [0.15, 0.2) is 0 Å². The maximum atomic E-state index is 4.20. The summed E-state index contributed by atoms with van der Waals surface area (Å²) in [7, 11) is 0. The van der Waals surface area contributed by atoms with E-state index in [4.69, 9.17) is 0 Å². The van der Waals surface area contributed by atoms with Crippen molar-refractivity contribution in [1.29, 1.82) is 0 Å². The normalized spacial score (nSPS) is 25.1. The third kappa shape index (κ3) is 3.75. The molecule has 1 heterocycles. The number of nitrogens with zero attached hydrogens (tertiary/aromatic N) is 4. The minimum atomic E-state index is 0.217. The molecule has 0 amide bonds. The molecule has 0 aliphatic heterocycles. The third-order valence-corrected chi connectivity index (χ3v) is 4.23. The van der Waals surface area contributed by atoms with Crippen LogP contribution in [0.3, 0.4) is 0 Å². The van der Waals surface area contributed by atoms with Crippen LogP contribution in [0.1, 0.15) is 58.8 Å². The molecule has 0 bridgehead atoms. The zero-order valence-electron chi connectivity index (χ0n) is 12.6. The Bertz CT molecular complexity index is 387. The van der Waals surface area contributed by atoms with Crippen LogP contribution in [0.5, 0.6) is 0 Å². The smallest absolute Gasteiger partial charge is 0.167 e. The number of tetrazole rings is 1. The lowest BCUT2D eigenvalue weighted by Gasteiger charge is -2.18. The Hall–Kier alpha value is -0.970. The number of aromatic nitrogens is 4. The first-order valence-corrected chi connectivity index (χ1v) is 7.57. The third-order valence-electron chi connectivity index (χ3n) is 4.23. The van der Waals surface area contributed by atoms with Crippen molar-refractivity contribution < 1.29 is 0 Å². The van der Waals surface area contributed by atoms with E-state index in [9.17, 15) is 0 Å². The Balaban J connectivity index is 1.96.